The van der Waals surface area contributed by atoms with Gasteiger partial charge in [0, 0.05) is 15.7 Å². The number of aryl methyl sites for hydroxylation is 2. The van der Waals surface area contributed by atoms with Gasteiger partial charge in [0.05, 0.1) is 18.3 Å². The zero-order chi connectivity index (χ0) is 19.6. The van der Waals surface area contributed by atoms with Gasteiger partial charge in [0.1, 0.15) is 5.75 Å². The Morgan fingerprint density at radius 3 is 2.76 bits per heavy atom. The molecular weight excluding hydrogens is 374 g/mol. The van der Waals surface area contributed by atoms with Crippen molar-refractivity contribution in [3.05, 3.63) is 93.7 Å². The Hall–Kier alpha value is -2.52. The summed E-state index contributed by atoms with van der Waals surface area (Å²) in [4.78, 5) is 2.81. The highest BCUT2D eigenvalue weighted by Crippen LogP contribution is 2.52. The fourth-order valence-electron chi connectivity index (χ4n) is 4.72. The van der Waals surface area contributed by atoms with Crippen molar-refractivity contribution in [2.24, 2.45) is 5.92 Å². The van der Waals surface area contributed by atoms with Gasteiger partial charge in [-0.1, -0.05) is 54.6 Å². The average Bonchev–Trinajstić information content (AvgIpc) is 3.41. The van der Waals surface area contributed by atoms with Crippen molar-refractivity contribution in [1.82, 2.24) is 0 Å². The van der Waals surface area contributed by atoms with Crippen LogP contribution in [-0.4, -0.2) is 6.61 Å². The van der Waals surface area contributed by atoms with E-state index in [-0.39, 0.29) is 0 Å². The topological polar surface area (TPSA) is 21.3 Å². The van der Waals surface area contributed by atoms with Crippen LogP contribution in [0.1, 0.15) is 45.7 Å². The lowest BCUT2D eigenvalue weighted by atomic mass is 9.78. The first kappa shape index (κ1) is 18.5. The van der Waals surface area contributed by atoms with Crippen LogP contribution in [0.3, 0.4) is 0 Å². The average molecular weight is 402 g/mol. The van der Waals surface area contributed by atoms with Gasteiger partial charge >= 0.3 is 0 Å². The summed E-state index contributed by atoms with van der Waals surface area (Å²) in [6.07, 6.45) is 7.96. The number of thiophene rings is 1. The Balaban J connectivity index is 1.35. The monoisotopic (exact) mass is 401 g/mol. The summed E-state index contributed by atoms with van der Waals surface area (Å²) in [5.41, 5.74) is 3.95. The third-order valence-electron chi connectivity index (χ3n) is 6.14. The largest absolute Gasteiger partial charge is 0.491 e. The van der Waals surface area contributed by atoms with Gasteiger partial charge in [0.25, 0.3) is 0 Å². The van der Waals surface area contributed by atoms with Crippen molar-refractivity contribution in [2.75, 3.05) is 11.9 Å². The van der Waals surface area contributed by atoms with E-state index in [1.54, 1.807) is 0 Å². The maximum Gasteiger partial charge on any atom is 0.142 e. The van der Waals surface area contributed by atoms with Crippen molar-refractivity contribution in [3.8, 4) is 5.75 Å². The molecule has 3 heteroatoms. The van der Waals surface area contributed by atoms with Crippen LogP contribution in [0.2, 0.25) is 0 Å². The van der Waals surface area contributed by atoms with Gasteiger partial charge in [0.2, 0.25) is 0 Å². The molecular formula is C26H27NOS. The van der Waals surface area contributed by atoms with Crippen LogP contribution in [0.25, 0.3) is 0 Å². The van der Waals surface area contributed by atoms with Crippen LogP contribution in [0.5, 0.6) is 5.75 Å². The fourth-order valence-corrected chi connectivity index (χ4v) is 5.72. The van der Waals surface area contributed by atoms with Crippen LogP contribution in [0, 0.1) is 12.8 Å². The molecule has 0 bridgehead atoms. The minimum absolute atomic E-state index is 0.357. The molecule has 2 heterocycles. The number of allylic oxidation sites excluding steroid dienone is 2. The van der Waals surface area contributed by atoms with E-state index in [0.29, 0.717) is 17.9 Å². The SMILES string of the molecule is Cc1ccc(C2Nc3c(OCCCc4ccccc4)cccc3C3C=CCC32)s1. The number of anilines is 1. The normalized spacial score (nSPS) is 22.0. The number of hydrogen-bond donors (Lipinski definition) is 1. The zero-order valence-corrected chi connectivity index (χ0v) is 17.6. The second kappa shape index (κ2) is 8.08. The molecule has 2 aliphatic rings. The van der Waals surface area contributed by atoms with E-state index in [2.05, 4.69) is 85.1 Å². The Morgan fingerprint density at radius 2 is 1.93 bits per heavy atom. The van der Waals surface area contributed by atoms with Gasteiger partial charge in [-0.3, -0.25) is 0 Å². The van der Waals surface area contributed by atoms with Crippen molar-refractivity contribution in [1.29, 1.82) is 0 Å². The summed E-state index contributed by atoms with van der Waals surface area (Å²) in [6.45, 7) is 2.93. The molecule has 0 amide bonds. The number of hydrogen-bond acceptors (Lipinski definition) is 3. The number of nitrogens with one attached hydrogen (secondary N) is 1. The smallest absolute Gasteiger partial charge is 0.142 e. The lowest BCUT2D eigenvalue weighted by Gasteiger charge is -2.37. The van der Waals surface area contributed by atoms with Gasteiger partial charge in [-0.25, -0.2) is 0 Å². The summed E-state index contributed by atoms with van der Waals surface area (Å²) in [5.74, 6) is 2.06. The Morgan fingerprint density at radius 1 is 1.03 bits per heavy atom. The summed E-state index contributed by atoms with van der Waals surface area (Å²) in [6, 6.07) is 22.1. The number of rotatable bonds is 6. The number of fused-ring (bicyclic) bond motifs is 3. The van der Waals surface area contributed by atoms with Crippen LogP contribution < -0.4 is 10.1 Å². The van der Waals surface area contributed by atoms with E-state index in [9.17, 15) is 0 Å². The fraction of sp³-hybridized carbons (Fsp3) is 0.308. The molecule has 0 saturated carbocycles. The first-order valence-electron chi connectivity index (χ1n) is 10.6. The van der Waals surface area contributed by atoms with E-state index in [4.69, 9.17) is 4.74 Å². The molecule has 0 radical (unpaired) electrons. The molecule has 148 valence electrons. The lowest BCUT2D eigenvalue weighted by Crippen LogP contribution is -2.28. The third-order valence-corrected chi connectivity index (χ3v) is 7.22. The third kappa shape index (κ3) is 3.72. The molecule has 0 saturated heterocycles. The maximum absolute atomic E-state index is 6.28. The molecule has 5 rings (SSSR count). The Bertz CT molecular complexity index is 1010. The zero-order valence-electron chi connectivity index (χ0n) is 16.8. The number of ether oxygens (including phenoxy) is 1. The molecule has 0 fully saturated rings. The summed E-state index contributed by atoms with van der Waals surface area (Å²) < 4.78 is 6.28. The molecule has 1 N–H and O–H groups in total. The molecule has 2 aromatic carbocycles. The molecule has 0 spiro atoms. The maximum atomic E-state index is 6.28. The highest BCUT2D eigenvalue weighted by molar-refractivity contribution is 7.12. The molecule has 3 atom stereocenters. The second-order valence-electron chi connectivity index (χ2n) is 8.08. The summed E-state index contributed by atoms with van der Waals surface area (Å²) >= 11 is 1.91. The molecule has 1 aromatic heterocycles. The van der Waals surface area contributed by atoms with Gasteiger partial charge in [-0.2, -0.15) is 0 Å². The number of para-hydroxylation sites is 1. The predicted molar refractivity (Wildman–Crippen MR) is 122 cm³/mol. The van der Waals surface area contributed by atoms with E-state index in [1.807, 2.05) is 11.3 Å². The highest BCUT2D eigenvalue weighted by Gasteiger charge is 2.39. The van der Waals surface area contributed by atoms with Gasteiger partial charge in [0.15, 0.2) is 0 Å². The number of benzene rings is 2. The molecule has 2 nitrogen and oxygen atoms in total. The molecule has 3 aromatic rings. The minimum Gasteiger partial charge on any atom is -0.491 e. The van der Waals surface area contributed by atoms with Crippen LogP contribution in [-0.2, 0) is 6.42 Å². The molecule has 29 heavy (non-hydrogen) atoms. The van der Waals surface area contributed by atoms with Crippen LogP contribution in [0.4, 0.5) is 5.69 Å². The minimum atomic E-state index is 0.357. The van der Waals surface area contributed by atoms with Crippen LogP contribution >= 0.6 is 11.3 Å². The summed E-state index contributed by atoms with van der Waals surface area (Å²) in [5, 5.41) is 3.87. The Kier molecular flexibility index (Phi) is 5.15. The highest BCUT2D eigenvalue weighted by atomic mass is 32.1. The molecule has 3 unspecified atom stereocenters. The second-order valence-corrected chi connectivity index (χ2v) is 9.40. The first-order valence-corrected chi connectivity index (χ1v) is 11.4. The van der Waals surface area contributed by atoms with Crippen LogP contribution in [0.15, 0.2) is 72.8 Å². The van der Waals surface area contributed by atoms with Crippen molar-refractivity contribution in [3.63, 3.8) is 0 Å². The quantitative estimate of drug-likeness (QED) is 0.358. The lowest BCUT2D eigenvalue weighted by molar-refractivity contribution is 0.309. The Labute approximate surface area is 177 Å². The first-order chi connectivity index (χ1) is 14.3. The van der Waals surface area contributed by atoms with E-state index in [0.717, 1.165) is 31.6 Å². The predicted octanol–water partition coefficient (Wildman–Crippen LogP) is 6.89. The van der Waals surface area contributed by atoms with Crippen molar-refractivity contribution < 1.29 is 4.74 Å². The standard InChI is InChI=1S/C26H27NOS/c1-18-15-16-24(29-18)26-22-12-5-11-20(22)21-13-6-14-23(25(21)27-26)28-17-7-10-19-8-3-2-4-9-19/h2-6,8-9,11,13-16,20,22,26-27H,7,10,12,17H2,1H3. The van der Waals surface area contributed by atoms with Gasteiger partial charge < -0.3 is 10.1 Å². The van der Waals surface area contributed by atoms with E-state index >= 15 is 0 Å². The molecule has 1 aliphatic heterocycles. The summed E-state index contributed by atoms with van der Waals surface area (Å²) in [7, 11) is 0. The van der Waals surface area contributed by atoms with Crippen molar-refractivity contribution in [2.45, 2.75) is 38.1 Å². The van der Waals surface area contributed by atoms with E-state index in [1.165, 1.54) is 26.6 Å². The van der Waals surface area contributed by atoms with Crippen molar-refractivity contribution >= 4 is 17.0 Å². The van der Waals surface area contributed by atoms with Gasteiger partial charge in [-0.05, 0) is 61.4 Å². The van der Waals surface area contributed by atoms with Gasteiger partial charge in [-0.15, -0.1) is 11.3 Å². The molecule has 1 aliphatic carbocycles. The van der Waals surface area contributed by atoms with E-state index < -0.39 is 0 Å².